The Morgan fingerprint density at radius 3 is 2.67 bits per heavy atom. The average molecular weight is 257 g/mol. The van der Waals surface area contributed by atoms with E-state index >= 15 is 0 Å². The lowest BCUT2D eigenvalue weighted by Crippen LogP contribution is -2.61. The van der Waals surface area contributed by atoms with Gasteiger partial charge in [0.05, 0.1) is 12.7 Å². The number of rotatable bonds is 5. The smallest absolute Gasteiger partial charge is 0.326 e. The second kappa shape index (κ2) is 6.02. The Morgan fingerprint density at radius 1 is 1.50 bits per heavy atom. The predicted octanol–water partition coefficient (Wildman–Crippen LogP) is 2.12. The van der Waals surface area contributed by atoms with Crippen molar-refractivity contribution in [1.29, 1.82) is 0 Å². The first-order valence-electron chi connectivity index (χ1n) is 6.85. The third-order valence-corrected chi connectivity index (χ3v) is 3.83. The molecule has 0 aromatic heterocycles. The molecule has 0 spiro atoms. The fourth-order valence-corrected chi connectivity index (χ4v) is 2.47. The largest absolute Gasteiger partial charge is 0.468 e. The van der Waals surface area contributed by atoms with Crippen molar-refractivity contribution < 1.29 is 14.3 Å². The molecule has 1 aliphatic rings. The lowest BCUT2D eigenvalue weighted by atomic mass is 9.79. The number of hydrogen-bond acceptors (Lipinski definition) is 4. The molecule has 1 heterocycles. The van der Waals surface area contributed by atoms with E-state index in [2.05, 4.69) is 33.0 Å². The summed E-state index contributed by atoms with van der Waals surface area (Å²) in [4.78, 5) is 12.2. The maximum absolute atomic E-state index is 12.2. The maximum Gasteiger partial charge on any atom is 0.326 e. The Labute approximate surface area is 110 Å². The lowest BCUT2D eigenvalue weighted by molar-refractivity contribution is -0.163. The maximum atomic E-state index is 12.2. The molecule has 1 rings (SSSR count). The number of ether oxygens (including phenoxy) is 2. The molecule has 2 atom stereocenters. The Morgan fingerprint density at radius 2 is 2.17 bits per heavy atom. The fourth-order valence-electron chi connectivity index (χ4n) is 2.47. The van der Waals surface area contributed by atoms with Crippen LogP contribution in [0.15, 0.2) is 0 Å². The third kappa shape index (κ3) is 3.45. The Hall–Kier alpha value is -0.610. The van der Waals surface area contributed by atoms with Crippen LogP contribution in [-0.4, -0.2) is 37.4 Å². The normalized spacial score (nSPS) is 32.6. The van der Waals surface area contributed by atoms with Crippen molar-refractivity contribution in [2.24, 2.45) is 5.92 Å². The van der Waals surface area contributed by atoms with Crippen molar-refractivity contribution in [3.05, 3.63) is 0 Å². The van der Waals surface area contributed by atoms with Gasteiger partial charge in [-0.05, 0) is 32.2 Å². The van der Waals surface area contributed by atoms with Crippen molar-refractivity contribution in [2.45, 2.75) is 58.1 Å². The zero-order valence-electron chi connectivity index (χ0n) is 12.3. The molecular formula is C14H27NO3. The van der Waals surface area contributed by atoms with E-state index in [1.54, 1.807) is 0 Å². The molecule has 0 aromatic carbocycles. The van der Waals surface area contributed by atoms with Crippen LogP contribution < -0.4 is 5.32 Å². The summed E-state index contributed by atoms with van der Waals surface area (Å²) >= 11 is 0. The number of hydrogen-bond donors (Lipinski definition) is 1. The third-order valence-electron chi connectivity index (χ3n) is 3.83. The number of nitrogens with one attached hydrogen (secondary N) is 1. The molecule has 0 radical (unpaired) electrons. The van der Waals surface area contributed by atoms with E-state index in [1.807, 2.05) is 0 Å². The number of methoxy groups -OCH3 is 1. The van der Waals surface area contributed by atoms with Gasteiger partial charge in [-0.2, -0.15) is 0 Å². The molecule has 0 aliphatic carbocycles. The minimum absolute atomic E-state index is 0.161. The van der Waals surface area contributed by atoms with Crippen LogP contribution in [0.4, 0.5) is 0 Å². The van der Waals surface area contributed by atoms with Gasteiger partial charge in [-0.25, -0.2) is 0 Å². The van der Waals surface area contributed by atoms with Gasteiger partial charge in [0.2, 0.25) is 0 Å². The summed E-state index contributed by atoms with van der Waals surface area (Å²) in [5, 5.41) is 3.42. The number of carbonyl (C=O) groups excluding carboxylic acids is 1. The summed E-state index contributed by atoms with van der Waals surface area (Å²) in [5.74, 6) is 0.341. The van der Waals surface area contributed by atoms with E-state index in [9.17, 15) is 4.79 Å². The molecule has 4 nitrogen and oxygen atoms in total. The Kier molecular flexibility index (Phi) is 5.17. The first-order chi connectivity index (χ1) is 8.37. The molecule has 2 unspecified atom stereocenters. The van der Waals surface area contributed by atoms with Gasteiger partial charge in [-0.15, -0.1) is 0 Å². The van der Waals surface area contributed by atoms with Crippen LogP contribution in [0.5, 0.6) is 0 Å². The standard InChI is InChI=1S/C14H27NO3/c1-6-13(4)10-14(7-8-18-13,12(16)17-5)15-9-11(2)3/h11,15H,6-10H2,1-5H3. The molecule has 1 N–H and O–H groups in total. The van der Waals surface area contributed by atoms with Gasteiger partial charge in [-0.1, -0.05) is 20.8 Å². The molecule has 1 saturated heterocycles. The van der Waals surface area contributed by atoms with Gasteiger partial charge in [0.1, 0.15) is 5.54 Å². The van der Waals surface area contributed by atoms with Gasteiger partial charge in [0.15, 0.2) is 0 Å². The zero-order valence-corrected chi connectivity index (χ0v) is 12.3. The lowest BCUT2D eigenvalue weighted by Gasteiger charge is -2.45. The van der Waals surface area contributed by atoms with E-state index in [0.717, 1.165) is 13.0 Å². The molecule has 0 aromatic rings. The topological polar surface area (TPSA) is 47.6 Å². The van der Waals surface area contributed by atoms with Gasteiger partial charge in [-0.3, -0.25) is 4.79 Å². The molecule has 0 saturated carbocycles. The highest BCUT2D eigenvalue weighted by atomic mass is 16.5. The van der Waals surface area contributed by atoms with E-state index < -0.39 is 5.54 Å². The summed E-state index contributed by atoms with van der Waals surface area (Å²) in [6.07, 6.45) is 2.26. The van der Waals surface area contributed by atoms with Crippen molar-refractivity contribution >= 4 is 5.97 Å². The molecule has 106 valence electrons. The fraction of sp³-hybridized carbons (Fsp3) is 0.929. The number of esters is 1. The molecule has 1 aliphatic heterocycles. The van der Waals surface area contributed by atoms with Gasteiger partial charge in [0, 0.05) is 13.0 Å². The highest BCUT2D eigenvalue weighted by Gasteiger charge is 2.48. The average Bonchev–Trinajstić information content (AvgIpc) is 2.35. The van der Waals surface area contributed by atoms with Crippen LogP contribution in [0.2, 0.25) is 0 Å². The zero-order chi connectivity index (χ0) is 13.8. The van der Waals surface area contributed by atoms with Gasteiger partial charge < -0.3 is 14.8 Å². The highest BCUT2D eigenvalue weighted by Crippen LogP contribution is 2.35. The monoisotopic (exact) mass is 257 g/mol. The first-order valence-corrected chi connectivity index (χ1v) is 6.85. The van der Waals surface area contributed by atoms with Crippen LogP contribution in [0.25, 0.3) is 0 Å². The first kappa shape index (κ1) is 15.4. The van der Waals surface area contributed by atoms with E-state index in [1.165, 1.54) is 7.11 Å². The quantitative estimate of drug-likeness (QED) is 0.766. The Bertz CT molecular complexity index is 293. The van der Waals surface area contributed by atoms with Crippen LogP contribution in [0, 0.1) is 5.92 Å². The summed E-state index contributed by atoms with van der Waals surface area (Å²) in [6.45, 7) is 9.85. The molecule has 1 fully saturated rings. The van der Waals surface area contributed by atoms with E-state index in [0.29, 0.717) is 25.4 Å². The second-order valence-corrected chi connectivity index (χ2v) is 5.93. The predicted molar refractivity (Wildman–Crippen MR) is 71.5 cm³/mol. The molecule has 18 heavy (non-hydrogen) atoms. The van der Waals surface area contributed by atoms with E-state index in [-0.39, 0.29) is 11.6 Å². The van der Waals surface area contributed by atoms with Gasteiger partial charge >= 0.3 is 5.97 Å². The second-order valence-electron chi connectivity index (χ2n) is 5.93. The molecule has 0 bridgehead atoms. The summed E-state index contributed by atoms with van der Waals surface area (Å²) in [6, 6.07) is 0. The van der Waals surface area contributed by atoms with Crippen molar-refractivity contribution in [3.63, 3.8) is 0 Å². The van der Waals surface area contributed by atoms with Crippen LogP contribution >= 0.6 is 0 Å². The summed E-state index contributed by atoms with van der Waals surface area (Å²) < 4.78 is 10.8. The molecular weight excluding hydrogens is 230 g/mol. The van der Waals surface area contributed by atoms with Crippen molar-refractivity contribution in [2.75, 3.05) is 20.3 Å². The van der Waals surface area contributed by atoms with Crippen LogP contribution in [0.3, 0.4) is 0 Å². The van der Waals surface area contributed by atoms with Crippen LogP contribution in [-0.2, 0) is 14.3 Å². The van der Waals surface area contributed by atoms with Crippen molar-refractivity contribution in [3.8, 4) is 0 Å². The number of carbonyl (C=O) groups is 1. The summed E-state index contributed by atoms with van der Waals surface area (Å²) in [7, 11) is 1.46. The molecule has 4 heteroatoms. The SMILES string of the molecule is CCC1(C)CC(NCC(C)C)(C(=O)OC)CCO1. The van der Waals surface area contributed by atoms with Crippen molar-refractivity contribution in [1.82, 2.24) is 5.32 Å². The highest BCUT2D eigenvalue weighted by molar-refractivity contribution is 5.81. The van der Waals surface area contributed by atoms with E-state index in [4.69, 9.17) is 9.47 Å². The van der Waals surface area contributed by atoms with Crippen LogP contribution in [0.1, 0.15) is 47.0 Å². The minimum Gasteiger partial charge on any atom is -0.468 e. The summed E-state index contributed by atoms with van der Waals surface area (Å²) in [5.41, 5.74) is -0.821. The van der Waals surface area contributed by atoms with Gasteiger partial charge in [0.25, 0.3) is 0 Å². The Balaban J connectivity index is 2.86. The minimum atomic E-state index is -0.581. The molecule has 0 amide bonds.